The van der Waals surface area contributed by atoms with Crippen LogP contribution in [0.4, 0.5) is 5.82 Å². The Balaban J connectivity index is 1.77. The third kappa shape index (κ3) is 3.81. The lowest BCUT2D eigenvalue weighted by atomic mass is 9.99. The Morgan fingerprint density at radius 3 is 2.83 bits per heavy atom. The minimum absolute atomic E-state index is 0.117. The van der Waals surface area contributed by atoms with Crippen molar-refractivity contribution in [2.24, 2.45) is 11.8 Å². The van der Waals surface area contributed by atoms with E-state index < -0.39 is 15.9 Å². The molecule has 0 spiro atoms. The molecule has 1 saturated carbocycles. The van der Waals surface area contributed by atoms with Gasteiger partial charge in [0.05, 0.1) is 0 Å². The fraction of sp³-hybridized carbons (Fsp3) is 0.600. The van der Waals surface area contributed by atoms with E-state index >= 15 is 0 Å². The van der Waals surface area contributed by atoms with Gasteiger partial charge in [0, 0.05) is 25.6 Å². The van der Waals surface area contributed by atoms with Crippen LogP contribution in [0.1, 0.15) is 25.7 Å². The summed E-state index contributed by atoms with van der Waals surface area (Å²) in [5.74, 6) is 0.112. The zero-order chi connectivity index (χ0) is 16.4. The maximum Gasteiger partial charge on any atom is 0.281 e. The number of sulfonamides is 1. The topological polar surface area (TPSA) is 99.6 Å². The molecule has 1 aliphatic heterocycles. The number of hydrogen-bond donors (Lipinski definition) is 2. The zero-order valence-electron chi connectivity index (χ0n) is 12.8. The van der Waals surface area contributed by atoms with Gasteiger partial charge in [-0.2, -0.15) is 8.42 Å². The number of pyridine rings is 1. The fourth-order valence-electron chi connectivity index (χ4n) is 2.77. The molecule has 2 fully saturated rings. The van der Waals surface area contributed by atoms with Crippen LogP contribution >= 0.6 is 0 Å². The highest BCUT2D eigenvalue weighted by Gasteiger charge is 2.33. The summed E-state index contributed by atoms with van der Waals surface area (Å²) in [5, 5.41) is 9.16. The van der Waals surface area contributed by atoms with Crippen molar-refractivity contribution in [3.63, 3.8) is 0 Å². The minimum Gasteiger partial charge on any atom is -0.396 e. The minimum atomic E-state index is -3.93. The molecule has 0 radical (unpaired) electrons. The number of anilines is 1. The van der Waals surface area contributed by atoms with Gasteiger partial charge in [0.1, 0.15) is 5.82 Å². The van der Waals surface area contributed by atoms with Crippen LogP contribution in [-0.4, -0.2) is 44.1 Å². The maximum absolute atomic E-state index is 12.3. The van der Waals surface area contributed by atoms with Crippen LogP contribution in [0.2, 0.25) is 0 Å². The predicted molar refractivity (Wildman–Crippen MR) is 84.3 cm³/mol. The second-order valence-corrected chi connectivity index (χ2v) is 7.84. The average molecular weight is 339 g/mol. The molecule has 126 valence electrons. The van der Waals surface area contributed by atoms with E-state index in [0.29, 0.717) is 12.4 Å². The van der Waals surface area contributed by atoms with Gasteiger partial charge in [-0.05, 0) is 43.7 Å². The molecule has 2 aliphatic rings. The lowest BCUT2D eigenvalue weighted by Gasteiger charge is -2.32. The molecule has 1 saturated heterocycles. The van der Waals surface area contributed by atoms with Gasteiger partial charge >= 0.3 is 0 Å². The van der Waals surface area contributed by atoms with E-state index in [1.165, 1.54) is 6.07 Å². The fourth-order valence-corrected chi connectivity index (χ4v) is 3.77. The number of rotatable bonds is 5. The van der Waals surface area contributed by atoms with Crippen molar-refractivity contribution in [2.75, 3.05) is 24.6 Å². The summed E-state index contributed by atoms with van der Waals surface area (Å²) in [6.45, 7) is 1.55. The van der Waals surface area contributed by atoms with Gasteiger partial charge in [0.25, 0.3) is 10.0 Å². The Bertz CT molecular complexity index is 688. The molecule has 3 rings (SSSR count). The van der Waals surface area contributed by atoms with Crippen molar-refractivity contribution >= 4 is 21.7 Å². The summed E-state index contributed by atoms with van der Waals surface area (Å²) in [7, 11) is -3.93. The van der Waals surface area contributed by atoms with Crippen molar-refractivity contribution < 1.29 is 18.3 Å². The lowest BCUT2D eigenvalue weighted by molar-refractivity contribution is -0.120. The number of aromatic nitrogens is 1. The second kappa shape index (κ2) is 6.45. The van der Waals surface area contributed by atoms with Crippen molar-refractivity contribution in [3.8, 4) is 0 Å². The van der Waals surface area contributed by atoms with E-state index in [1.807, 2.05) is 4.90 Å². The van der Waals surface area contributed by atoms with E-state index in [1.54, 1.807) is 12.1 Å². The average Bonchev–Trinajstić information content (AvgIpc) is 3.40. The first-order valence-electron chi connectivity index (χ1n) is 7.89. The third-order valence-electron chi connectivity index (χ3n) is 4.27. The van der Waals surface area contributed by atoms with Gasteiger partial charge in [-0.1, -0.05) is 6.07 Å². The van der Waals surface area contributed by atoms with Gasteiger partial charge < -0.3 is 10.0 Å². The lowest BCUT2D eigenvalue weighted by Crippen LogP contribution is -2.38. The van der Waals surface area contributed by atoms with Crippen LogP contribution in [-0.2, 0) is 14.8 Å². The number of carbonyl (C=O) groups excluding carboxylic acids is 1. The van der Waals surface area contributed by atoms with Gasteiger partial charge in [0.15, 0.2) is 5.03 Å². The van der Waals surface area contributed by atoms with Crippen LogP contribution in [0.25, 0.3) is 0 Å². The molecule has 1 amide bonds. The van der Waals surface area contributed by atoms with Gasteiger partial charge in [0.2, 0.25) is 5.91 Å². The molecule has 1 aliphatic carbocycles. The van der Waals surface area contributed by atoms with Crippen LogP contribution in [0.15, 0.2) is 23.2 Å². The number of carbonyl (C=O) groups is 1. The van der Waals surface area contributed by atoms with Crippen molar-refractivity contribution in [1.82, 2.24) is 9.71 Å². The van der Waals surface area contributed by atoms with Crippen LogP contribution in [0, 0.1) is 11.8 Å². The molecule has 23 heavy (non-hydrogen) atoms. The molecule has 0 aromatic carbocycles. The molecule has 1 atom stereocenters. The number of aliphatic hydroxyl groups is 1. The largest absolute Gasteiger partial charge is 0.396 e. The van der Waals surface area contributed by atoms with E-state index in [2.05, 4.69) is 9.71 Å². The summed E-state index contributed by atoms with van der Waals surface area (Å²) in [6.07, 6.45) is 3.38. The summed E-state index contributed by atoms with van der Waals surface area (Å²) in [4.78, 5) is 17.9. The maximum atomic E-state index is 12.3. The molecule has 2 N–H and O–H groups in total. The van der Waals surface area contributed by atoms with Gasteiger partial charge in [-0.3, -0.25) is 4.79 Å². The number of nitrogens with one attached hydrogen (secondary N) is 1. The molecule has 7 nitrogen and oxygen atoms in total. The molecule has 8 heteroatoms. The van der Waals surface area contributed by atoms with E-state index in [4.69, 9.17) is 0 Å². The zero-order valence-corrected chi connectivity index (χ0v) is 13.6. The second-order valence-electron chi connectivity index (χ2n) is 6.21. The Morgan fingerprint density at radius 2 is 2.13 bits per heavy atom. The number of amides is 1. The third-order valence-corrected chi connectivity index (χ3v) is 5.52. The van der Waals surface area contributed by atoms with E-state index in [0.717, 1.165) is 32.2 Å². The molecular formula is C15H21N3O4S. The Morgan fingerprint density at radius 1 is 1.35 bits per heavy atom. The van der Waals surface area contributed by atoms with Crippen LogP contribution in [0.3, 0.4) is 0 Å². The first-order chi connectivity index (χ1) is 11.0. The number of piperidine rings is 1. The molecule has 1 unspecified atom stereocenters. The molecule has 1 aromatic heterocycles. The first kappa shape index (κ1) is 16.2. The van der Waals surface area contributed by atoms with E-state index in [-0.39, 0.29) is 23.5 Å². The molecule has 0 bridgehead atoms. The highest BCUT2D eigenvalue weighted by molar-refractivity contribution is 7.90. The summed E-state index contributed by atoms with van der Waals surface area (Å²) >= 11 is 0. The predicted octanol–water partition coefficient (Wildman–Crippen LogP) is 0.505. The Labute approximate surface area is 135 Å². The Hall–Kier alpha value is -1.67. The first-order valence-corrected chi connectivity index (χ1v) is 9.37. The van der Waals surface area contributed by atoms with E-state index in [9.17, 15) is 18.3 Å². The van der Waals surface area contributed by atoms with Gasteiger partial charge in [-0.25, -0.2) is 9.71 Å². The smallest absolute Gasteiger partial charge is 0.281 e. The number of nitrogens with zero attached hydrogens (tertiary/aromatic N) is 2. The summed E-state index contributed by atoms with van der Waals surface area (Å²) in [6, 6.07) is 4.77. The molecule has 1 aromatic rings. The monoisotopic (exact) mass is 339 g/mol. The quantitative estimate of drug-likeness (QED) is 0.811. The normalized spacial score (nSPS) is 22.0. The Kier molecular flexibility index (Phi) is 4.54. The SMILES string of the molecule is O=C(NS(=O)(=O)c1cccc(N2CCCC(CO)C2)n1)C1CC1. The highest BCUT2D eigenvalue weighted by Crippen LogP contribution is 2.29. The molecule has 2 heterocycles. The van der Waals surface area contributed by atoms with Crippen molar-refractivity contribution in [2.45, 2.75) is 30.7 Å². The van der Waals surface area contributed by atoms with Crippen LogP contribution in [0.5, 0.6) is 0 Å². The summed E-state index contributed by atoms with van der Waals surface area (Å²) in [5.41, 5.74) is 0. The van der Waals surface area contributed by atoms with Crippen LogP contribution < -0.4 is 9.62 Å². The van der Waals surface area contributed by atoms with Crippen molar-refractivity contribution in [3.05, 3.63) is 18.2 Å². The highest BCUT2D eigenvalue weighted by atomic mass is 32.2. The standard InChI is InChI=1S/C15H21N3O4S/c19-10-11-3-2-8-18(9-11)13-4-1-5-14(16-13)23(21,22)17-15(20)12-6-7-12/h1,4-5,11-12,19H,2-3,6-10H2,(H,17,20). The van der Waals surface area contributed by atoms with Crippen molar-refractivity contribution in [1.29, 1.82) is 0 Å². The summed E-state index contributed by atoms with van der Waals surface area (Å²) < 4.78 is 26.7. The number of aliphatic hydroxyl groups excluding tert-OH is 1. The molecular weight excluding hydrogens is 318 g/mol. The number of hydrogen-bond acceptors (Lipinski definition) is 6. The van der Waals surface area contributed by atoms with Gasteiger partial charge in [-0.15, -0.1) is 0 Å².